The molecule has 0 spiro atoms. The van der Waals surface area contributed by atoms with Crippen molar-refractivity contribution in [3.63, 3.8) is 0 Å². The second-order valence-electron chi connectivity index (χ2n) is 7.96. The van der Waals surface area contributed by atoms with Crippen LogP contribution in [0, 0.1) is 12.8 Å². The summed E-state index contributed by atoms with van der Waals surface area (Å²) < 4.78 is 0. The molecule has 6 nitrogen and oxygen atoms in total. The van der Waals surface area contributed by atoms with Gasteiger partial charge in [0.2, 0.25) is 11.8 Å². The first-order valence-electron chi connectivity index (χ1n) is 10.0. The van der Waals surface area contributed by atoms with Crippen LogP contribution in [0.5, 0.6) is 0 Å². The molecule has 0 saturated carbocycles. The highest BCUT2D eigenvalue weighted by molar-refractivity contribution is 5.89. The lowest BCUT2D eigenvalue weighted by Gasteiger charge is -2.18. The maximum Gasteiger partial charge on any atom is 0.225 e. The first kappa shape index (κ1) is 19.2. The van der Waals surface area contributed by atoms with Crippen LogP contribution >= 0.6 is 0 Å². The van der Waals surface area contributed by atoms with E-state index in [-0.39, 0.29) is 30.2 Å². The normalized spacial score (nSPS) is 17.7. The number of pyridine rings is 1. The standard InChI is InChI=1S/C23H26N4O2/c1-15-5-3-7-20-18(12-25-22(15)20)9-16(2)26-23(29)19-10-21(28)27(14-19)13-17-6-4-8-24-11-17/h3-8,11-12,16,19,25H,9-10,13-14H2,1-2H3,(H,26,29)/t16-,19+/m1/s1. The Kier molecular flexibility index (Phi) is 5.34. The van der Waals surface area contributed by atoms with Gasteiger partial charge in [-0.15, -0.1) is 0 Å². The number of nitrogens with one attached hydrogen (secondary N) is 2. The van der Waals surface area contributed by atoms with Crippen LogP contribution in [0.2, 0.25) is 0 Å². The van der Waals surface area contributed by atoms with Gasteiger partial charge in [-0.3, -0.25) is 14.6 Å². The molecule has 1 fully saturated rings. The SMILES string of the molecule is Cc1cccc2c(C[C@@H](C)NC(=O)[C@H]3CC(=O)N(Cc4cccnc4)C3)c[nH]c12. The molecule has 2 aromatic heterocycles. The fraction of sp³-hybridized carbons (Fsp3) is 0.348. The Labute approximate surface area is 170 Å². The van der Waals surface area contributed by atoms with Gasteiger partial charge in [-0.2, -0.15) is 0 Å². The number of nitrogens with zero attached hydrogens (tertiary/aromatic N) is 2. The van der Waals surface area contributed by atoms with Gasteiger partial charge in [-0.25, -0.2) is 0 Å². The van der Waals surface area contributed by atoms with Crippen molar-refractivity contribution < 1.29 is 9.59 Å². The number of hydrogen-bond acceptors (Lipinski definition) is 3. The molecule has 3 heterocycles. The zero-order valence-electron chi connectivity index (χ0n) is 16.8. The fourth-order valence-electron chi connectivity index (χ4n) is 4.09. The third-order valence-electron chi connectivity index (χ3n) is 5.61. The number of carbonyl (C=O) groups excluding carboxylic acids is 2. The molecule has 3 aromatic rings. The van der Waals surface area contributed by atoms with Crippen LogP contribution in [-0.2, 0) is 22.6 Å². The highest BCUT2D eigenvalue weighted by Crippen LogP contribution is 2.23. The number of aromatic nitrogens is 2. The van der Waals surface area contributed by atoms with E-state index in [0.29, 0.717) is 13.1 Å². The van der Waals surface area contributed by atoms with Crippen molar-refractivity contribution in [3.05, 3.63) is 65.6 Å². The fourth-order valence-corrected chi connectivity index (χ4v) is 4.09. The van der Waals surface area contributed by atoms with Gasteiger partial charge >= 0.3 is 0 Å². The van der Waals surface area contributed by atoms with Gasteiger partial charge in [0.25, 0.3) is 0 Å². The minimum Gasteiger partial charge on any atom is -0.361 e. The molecule has 0 bridgehead atoms. The maximum absolute atomic E-state index is 12.7. The number of carbonyl (C=O) groups is 2. The van der Waals surface area contributed by atoms with Crippen molar-refractivity contribution in [2.24, 2.45) is 5.92 Å². The van der Waals surface area contributed by atoms with Gasteiger partial charge in [0.15, 0.2) is 0 Å². The molecular formula is C23H26N4O2. The zero-order valence-corrected chi connectivity index (χ0v) is 16.8. The van der Waals surface area contributed by atoms with E-state index in [1.807, 2.05) is 25.3 Å². The molecule has 0 aliphatic carbocycles. The number of fused-ring (bicyclic) bond motifs is 1. The van der Waals surface area contributed by atoms with Gasteiger partial charge in [-0.05, 0) is 43.0 Å². The van der Waals surface area contributed by atoms with Crippen molar-refractivity contribution in [3.8, 4) is 0 Å². The predicted octanol–water partition coefficient (Wildman–Crippen LogP) is 2.97. The Balaban J connectivity index is 1.35. The first-order chi connectivity index (χ1) is 14.0. The number of aromatic amines is 1. The highest BCUT2D eigenvalue weighted by atomic mass is 16.2. The van der Waals surface area contributed by atoms with Crippen molar-refractivity contribution in [2.45, 2.75) is 39.3 Å². The molecule has 150 valence electrons. The van der Waals surface area contributed by atoms with Crippen molar-refractivity contribution >= 4 is 22.7 Å². The van der Waals surface area contributed by atoms with Crippen LogP contribution < -0.4 is 5.32 Å². The lowest BCUT2D eigenvalue weighted by Crippen LogP contribution is -2.39. The van der Waals surface area contributed by atoms with E-state index in [1.165, 1.54) is 16.5 Å². The zero-order chi connectivity index (χ0) is 20.4. The van der Waals surface area contributed by atoms with Crippen molar-refractivity contribution in [1.29, 1.82) is 0 Å². The largest absolute Gasteiger partial charge is 0.361 e. The van der Waals surface area contributed by atoms with E-state index >= 15 is 0 Å². The number of rotatable bonds is 6. The van der Waals surface area contributed by atoms with Gasteiger partial charge < -0.3 is 15.2 Å². The average molecular weight is 390 g/mol. The number of benzene rings is 1. The summed E-state index contributed by atoms with van der Waals surface area (Å²) in [6, 6.07) is 10.0. The van der Waals surface area contributed by atoms with Crippen LogP contribution in [0.4, 0.5) is 0 Å². The smallest absolute Gasteiger partial charge is 0.225 e. The average Bonchev–Trinajstić information content (AvgIpc) is 3.27. The van der Waals surface area contributed by atoms with E-state index in [0.717, 1.165) is 17.5 Å². The molecule has 1 aromatic carbocycles. The Hall–Kier alpha value is -3.15. The lowest BCUT2D eigenvalue weighted by molar-refractivity contribution is -0.129. The third-order valence-corrected chi connectivity index (χ3v) is 5.61. The monoisotopic (exact) mass is 390 g/mol. The molecule has 1 aliphatic rings. The van der Waals surface area contributed by atoms with Gasteiger partial charge in [0, 0.05) is 55.0 Å². The summed E-state index contributed by atoms with van der Waals surface area (Å²) in [5, 5.41) is 4.30. The Morgan fingerprint density at radius 2 is 2.21 bits per heavy atom. The lowest BCUT2D eigenvalue weighted by atomic mass is 10.0. The summed E-state index contributed by atoms with van der Waals surface area (Å²) in [6.45, 7) is 5.05. The molecular weight excluding hydrogens is 364 g/mol. The van der Waals surface area contributed by atoms with Crippen LogP contribution in [0.3, 0.4) is 0 Å². The predicted molar refractivity (Wildman–Crippen MR) is 112 cm³/mol. The van der Waals surface area contributed by atoms with E-state index < -0.39 is 0 Å². The summed E-state index contributed by atoms with van der Waals surface area (Å²) in [4.78, 5) is 34.2. The van der Waals surface area contributed by atoms with E-state index in [1.54, 1.807) is 17.3 Å². The number of amides is 2. The van der Waals surface area contributed by atoms with Crippen LogP contribution in [0.1, 0.15) is 30.0 Å². The summed E-state index contributed by atoms with van der Waals surface area (Å²) in [5.41, 5.74) is 4.53. The molecule has 0 unspecified atom stereocenters. The number of likely N-dealkylation sites (tertiary alicyclic amines) is 1. The molecule has 29 heavy (non-hydrogen) atoms. The molecule has 6 heteroatoms. The minimum atomic E-state index is -0.299. The van der Waals surface area contributed by atoms with Crippen molar-refractivity contribution in [2.75, 3.05) is 6.54 Å². The highest BCUT2D eigenvalue weighted by Gasteiger charge is 2.34. The van der Waals surface area contributed by atoms with Crippen molar-refractivity contribution in [1.82, 2.24) is 20.2 Å². The molecule has 2 atom stereocenters. The quantitative estimate of drug-likeness (QED) is 0.679. The summed E-state index contributed by atoms with van der Waals surface area (Å²) in [7, 11) is 0. The van der Waals surface area contributed by atoms with Crippen LogP contribution in [-0.4, -0.2) is 39.3 Å². The molecule has 0 radical (unpaired) electrons. The second-order valence-corrected chi connectivity index (χ2v) is 7.96. The van der Waals surface area contributed by atoms with Gasteiger partial charge in [0.05, 0.1) is 5.92 Å². The number of aryl methyl sites for hydroxylation is 1. The van der Waals surface area contributed by atoms with Crippen LogP contribution in [0.15, 0.2) is 48.9 Å². The summed E-state index contributed by atoms with van der Waals surface area (Å²) in [5.74, 6) is -0.323. The topological polar surface area (TPSA) is 78.1 Å². The van der Waals surface area contributed by atoms with Gasteiger partial charge in [0.1, 0.15) is 0 Å². The van der Waals surface area contributed by atoms with Crippen LogP contribution in [0.25, 0.3) is 10.9 Å². The number of H-pyrrole nitrogens is 1. The second kappa shape index (κ2) is 8.07. The van der Waals surface area contributed by atoms with E-state index in [2.05, 4.69) is 40.4 Å². The number of hydrogen-bond donors (Lipinski definition) is 2. The van der Waals surface area contributed by atoms with E-state index in [9.17, 15) is 9.59 Å². The molecule has 2 amide bonds. The summed E-state index contributed by atoms with van der Waals surface area (Å²) >= 11 is 0. The molecule has 1 saturated heterocycles. The third kappa shape index (κ3) is 4.16. The molecule has 1 aliphatic heterocycles. The van der Waals surface area contributed by atoms with Gasteiger partial charge in [-0.1, -0.05) is 24.3 Å². The summed E-state index contributed by atoms with van der Waals surface area (Å²) in [6.07, 6.45) is 6.50. The minimum absolute atomic E-state index is 0.00973. The molecule has 2 N–H and O–H groups in total. The maximum atomic E-state index is 12.7. The van der Waals surface area contributed by atoms with E-state index in [4.69, 9.17) is 0 Å². The first-order valence-corrected chi connectivity index (χ1v) is 10.0. The molecule has 4 rings (SSSR count). The number of para-hydroxylation sites is 1. The Morgan fingerprint density at radius 1 is 1.34 bits per heavy atom. The Bertz CT molecular complexity index is 1030. The Morgan fingerprint density at radius 3 is 3.00 bits per heavy atom.